The van der Waals surface area contributed by atoms with Crippen LogP contribution >= 0.6 is 0 Å². The van der Waals surface area contributed by atoms with E-state index >= 15 is 0 Å². The van der Waals surface area contributed by atoms with Gasteiger partial charge in [-0.05, 0) is 60.4 Å². The molecule has 120 valence electrons. The molecule has 0 amide bonds. The lowest BCUT2D eigenvalue weighted by atomic mass is 9.62. The van der Waals surface area contributed by atoms with Crippen LogP contribution in [0.3, 0.4) is 0 Å². The van der Waals surface area contributed by atoms with Crippen molar-refractivity contribution in [3.8, 4) is 0 Å². The molecule has 0 nitrogen and oxygen atoms in total. The predicted octanol–water partition coefficient (Wildman–Crippen LogP) is 6.64. The van der Waals surface area contributed by atoms with E-state index in [-0.39, 0.29) is 0 Å². The van der Waals surface area contributed by atoms with Gasteiger partial charge in [-0.2, -0.15) is 0 Å². The van der Waals surface area contributed by atoms with Gasteiger partial charge in [0.25, 0.3) is 0 Å². The van der Waals surface area contributed by atoms with Crippen molar-refractivity contribution >= 4 is 8.07 Å². The Bertz CT molecular complexity index is 368. The highest BCUT2D eigenvalue weighted by molar-refractivity contribution is 6.80. The van der Waals surface area contributed by atoms with Crippen LogP contribution < -0.4 is 0 Å². The van der Waals surface area contributed by atoms with Gasteiger partial charge in [-0.3, -0.25) is 0 Å². The summed E-state index contributed by atoms with van der Waals surface area (Å²) in [4.78, 5) is 0. The van der Waals surface area contributed by atoms with Crippen LogP contribution in [0, 0.1) is 23.7 Å². The summed E-state index contributed by atoms with van der Waals surface area (Å²) < 4.78 is 0. The van der Waals surface area contributed by atoms with E-state index in [9.17, 15) is 0 Å². The lowest BCUT2D eigenvalue weighted by Gasteiger charge is -2.47. The molecule has 0 aromatic carbocycles. The topological polar surface area (TPSA) is 0 Å². The van der Waals surface area contributed by atoms with Crippen molar-refractivity contribution in [1.29, 1.82) is 0 Å². The van der Waals surface area contributed by atoms with E-state index in [2.05, 4.69) is 13.1 Å². The maximum Gasteiger partial charge on any atom is 0.0538 e. The van der Waals surface area contributed by atoms with E-state index in [1.807, 2.05) is 0 Å². The van der Waals surface area contributed by atoms with Crippen molar-refractivity contribution in [3.05, 3.63) is 0 Å². The molecule has 5 atom stereocenters. The minimum Gasteiger partial charge on any atom is -0.0689 e. The summed E-state index contributed by atoms with van der Waals surface area (Å²) in [6.45, 7) is 5.59. The van der Waals surface area contributed by atoms with Gasteiger partial charge in [0.05, 0.1) is 8.07 Å². The molecule has 0 radical (unpaired) electrons. The van der Waals surface area contributed by atoms with Crippen LogP contribution in [-0.2, 0) is 0 Å². The van der Waals surface area contributed by atoms with Crippen molar-refractivity contribution in [2.45, 2.75) is 101 Å². The van der Waals surface area contributed by atoms with Gasteiger partial charge in [0.1, 0.15) is 0 Å². The first-order valence-electron chi connectivity index (χ1n) is 10.2. The van der Waals surface area contributed by atoms with E-state index in [1.54, 1.807) is 77.0 Å². The van der Waals surface area contributed by atoms with E-state index in [0.29, 0.717) is 0 Å². The number of hydrogen-bond acceptors (Lipinski definition) is 0. The van der Waals surface area contributed by atoms with Crippen LogP contribution in [0.25, 0.3) is 0 Å². The summed E-state index contributed by atoms with van der Waals surface area (Å²) in [6, 6.07) is 0. The standard InChI is InChI=1S/C20H36Si/c1-21(2,16-8-4-5-9-16)20-14-13-18-17-10-6-3-7-15(17)11-12-19(18)20/h15-20H,3-14H2,1-2H3. The van der Waals surface area contributed by atoms with Gasteiger partial charge < -0.3 is 0 Å². The third-order valence-electron chi connectivity index (χ3n) is 8.63. The molecule has 0 spiro atoms. The fourth-order valence-electron chi connectivity index (χ4n) is 7.51. The Balaban J connectivity index is 1.51. The van der Waals surface area contributed by atoms with Crippen LogP contribution in [0.4, 0.5) is 0 Å². The van der Waals surface area contributed by atoms with E-state index in [4.69, 9.17) is 0 Å². The molecule has 4 fully saturated rings. The average molecular weight is 305 g/mol. The van der Waals surface area contributed by atoms with Crippen molar-refractivity contribution in [3.63, 3.8) is 0 Å². The first-order chi connectivity index (χ1) is 10.2. The molecule has 0 heterocycles. The van der Waals surface area contributed by atoms with E-state index in [1.165, 1.54) is 22.9 Å². The van der Waals surface area contributed by atoms with Crippen LogP contribution in [0.1, 0.15) is 77.0 Å². The molecular weight excluding hydrogens is 268 g/mol. The zero-order valence-electron chi connectivity index (χ0n) is 14.4. The molecule has 4 saturated carbocycles. The molecular formula is C20H36Si. The van der Waals surface area contributed by atoms with Gasteiger partial charge in [0, 0.05) is 0 Å². The summed E-state index contributed by atoms with van der Waals surface area (Å²) in [5.74, 6) is 4.65. The fourth-order valence-corrected chi connectivity index (χ4v) is 12.4. The predicted molar refractivity (Wildman–Crippen MR) is 94.3 cm³/mol. The molecule has 21 heavy (non-hydrogen) atoms. The van der Waals surface area contributed by atoms with E-state index < -0.39 is 8.07 Å². The molecule has 0 bridgehead atoms. The van der Waals surface area contributed by atoms with Crippen LogP contribution in [0.15, 0.2) is 0 Å². The molecule has 0 aromatic heterocycles. The third-order valence-corrected chi connectivity index (χ3v) is 13.9. The Morgan fingerprint density at radius 2 is 1.24 bits per heavy atom. The SMILES string of the molecule is C[Si](C)(C1CCCC1)C1CCC2C3CCCCC3CCC21. The molecule has 4 aliphatic carbocycles. The highest BCUT2D eigenvalue weighted by Crippen LogP contribution is 2.61. The third kappa shape index (κ3) is 2.46. The first kappa shape index (κ1) is 14.8. The summed E-state index contributed by atoms with van der Waals surface area (Å²) in [7, 11) is -1.00. The second kappa shape index (κ2) is 5.69. The molecule has 1 heteroatoms. The van der Waals surface area contributed by atoms with Gasteiger partial charge in [-0.15, -0.1) is 0 Å². The normalized spacial score (nSPS) is 44.6. The summed E-state index contributed by atoms with van der Waals surface area (Å²) in [6.07, 6.45) is 19.1. The first-order valence-corrected chi connectivity index (χ1v) is 13.3. The second-order valence-corrected chi connectivity index (χ2v) is 14.8. The minimum atomic E-state index is -1.00. The Labute approximate surface area is 133 Å². The molecule has 4 rings (SSSR count). The zero-order valence-corrected chi connectivity index (χ0v) is 15.4. The lowest BCUT2D eigenvalue weighted by molar-refractivity contribution is 0.0722. The highest BCUT2D eigenvalue weighted by atomic mass is 28.3. The Kier molecular flexibility index (Phi) is 4.01. The monoisotopic (exact) mass is 304 g/mol. The van der Waals surface area contributed by atoms with E-state index in [0.717, 1.165) is 11.8 Å². The van der Waals surface area contributed by atoms with Crippen LogP contribution in [-0.4, -0.2) is 8.07 Å². The van der Waals surface area contributed by atoms with Crippen molar-refractivity contribution in [2.24, 2.45) is 23.7 Å². The fraction of sp³-hybridized carbons (Fsp3) is 1.00. The largest absolute Gasteiger partial charge is 0.0689 e. The van der Waals surface area contributed by atoms with Gasteiger partial charge in [-0.1, -0.05) is 64.5 Å². The molecule has 0 N–H and O–H groups in total. The number of hydrogen-bond donors (Lipinski definition) is 0. The average Bonchev–Trinajstić information content (AvgIpc) is 3.17. The summed E-state index contributed by atoms with van der Waals surface area (Å²) in [5, 5.41) is 0. The Morgan fingerprint density at radius 1 is 0.571 bits per heavy atom. The van der Waals surface area contributed by atoms with Crippen molar-refractivity contribution < 1.29 is 0 Å². The molecule has 0 saturated heterocycles. The zero-order chi connectivity index (χ0) is 14.4. The Morgan fingerprint density at radius 3 is 2.05 bits per heavy atom. The maximum absolute atomic E-state index is 2.79. The second-order valence-electron chi connectivity index (χ2n) is 9.60. The van der Waals surface area contributed by atoms with Gasteiger partial charge in [0.2, 0.25) is 0 Å². The van der Waals surface area contributed by atoms with Crippen LogP contribution in [0.5, 0.6) is 0 Å². The van der Waals surface area contributed by atoms with Gasteiger partial charge >= 0.3 is 0 Å². The molecule has 4 aliphatic rings. The maximum atomic E-state index is 2.79. The molecule has 0 aliphatic heterocycles. The van der Waals surface area contributed by atoms with Gasteiger partial charge in [0.15, 0.2) is 0 Å². The minimum absolute atomic E-state index is 1.00. The van der Waals surface area contributed by atoms with Crippen molar-refractivity contribution in [2.75, 3.05) is 0 Å². The highest BCUT2D eigenvalue weighted by Gasteiger charge is 2.52. The van der Waals surface area contributed by atoms with Gasteiger partial charge in [-0.25, -0.2) is 0 Å². The lowest BCUT2D eigenvalue weighted by Crippen LogP contribution is -2.43. The molecule has 5 unspecified atom stereocenters. The summed E-state index contributed by atoms with van der Waals surface area (Å²) >= 11 is 0. The smallest absolute Gasteiger partial charge is 0.0538 e. The van der Waals surface area contributed by atoms with Crippen LogP contribution in [0.2, 0.25) is 24.2 Å². The number of rotatable bonds is 2. The quantitative estimate of drug-likeness (QED) is 0.502. The number of fused-ring (bicyclic) bond motifs is 3. The van der Waals surface area contributed by atoms with Crippen molar-refractivity contribution in [1.82, 2.24) is 0 Å². The Hall–Kier alpha value is 0.217. The summed E-state index contributed by atoms with van der Waals surface area (Å²) in [5.41, 5.74) is 2.39. The molecule has 0 aromatic rings.